The molecular formula is C26H28FN3O4S. The van der Waals surface area contributed by atoms with Gasteiger partial charge in [0.1, 0.15) is 12.4 Å². The average Bonchev–Trinajstić information content (AvgIpc) is 2.84. The molecule has 0 aromatic heterocycles. The van der Waals surface area contributed by atoms with Crippen LogP contribution in [-0.4, -0.2) is 33.3 Å². The van der Waals surface area contributed by atoms with Crippen molar-refractivity contribution in [3.05, 3.63) is 89.7 Å². The van der Waals surface area contributed by atoms with E-state index in [0.29, 0.717) is 6.54 Å². The highest BCUT2D eigenvalue weighted by Gasteiger charge is 2.29. The van der Waals surface area contributed by atoms with Crippen LogP contribution in [-0.2, 0) is 14.8 Å². The summed E-state index contributed by atoms with van der Waals surface area (Å²) >= 11 is 0. The topological polar surface area (TPSA) is 95.6 Å². The quantitative estimate of drug-likeness (QED) is 0.403. The molecule has 0 aliphatic carbocycles. The van der Waals surface area contributed by atoms with E-state index < -0.39 is 28.3 Å². The Morgan fingerprint density at radius 2 is 1.60 bits per heavy atom. The maximum absolute atomic E-state index is 14.7. The third-order valence-corrected chi connectivity index (χ3v) is 7.05. The minimum atomic E-state index is -4.27. The maximum Gasteiger partial charge on any atom is 0.264 e. The van der Waals surface area contributed by atoms with E-state index in [2.05, 4.69) is 10.6 Å². The molecule has 3 aromatic rings. The average molecular weight is 498 g/mol. The van der Waals surface area contributed by atoms with E-state index in [9.17, 15) is 22.4 Å². The summed E-state index contributed by atoms with van der Waals surface area (Å²) in [4.78, 5) is 25.5. The fourth-order valence-corrected chi connectivity index (χ4v) is 4.80. The van der Waals surface area contributed by atoms with Crippen molar-refractivity contribution in [1.82, 2.24) is 5.32 Å². The van der Waals surface area contributed by atoms with Crippen molar-refractivity contribution in [2.45, 2.75) is 31.6 Å². The molecule has 0 spiro atoms. The molecule has 0 fully saturated rings. The Balaban J connectivity index is 1.90. The van der Waals surface area contributed by atoms with Gasteiger partial charge in [-0.2, -0.15) is 0 Å². The Morgan fingerprint density at radius 3 is 2.29 bits per heavy atom. The monoisotopic (exact) mass is 497 g/mol. The highest BCUT2D eigenvalue weighted by atomic mass is 32.2. The normalized spacial score (nSPS) is 11.1. The van der Waals surface area contributed by atoms with Crippen molar-refractivity contribution in [2.75, 3.05) is 22.7 Å². The van der Waals surface area contributed by atoms with Crippen LogP contribution >= 0.6 is 0 Å². The lowest BCUT2D eigenvalue weighted by Gasteiger charge is -2.24. The number of carbonyl (C=O) groups is 2. The second-order valence-corrected chi connectivity index (χ2v) is 9.84. The Morgan fingerprint density at radius 1 is 0.943 bits per heavy atom. The first-order valence-electron chi connectivity index (χ1n) is 11.2. The van der Waals surface area contributed by atoms with E-state index >= 15 is 0 Å². The molecule has 9 heteroatoms. The van der Waals surface area contributed by atoms with Gasteiger partial charge in [-0.15, -0.1) is 0 Å². The number of unbranched alkanes of at least 4 members (excludes halogenated alkanes) is 1. The number of hydrogen-bond donors (Lipinski definition) is 2. The molecule has 0 saturated carbocycles. The van der Waals surface area contributed by atoms with E-state index in [1.807, 2.05) is 13.8 Å². The van der Waals surface area contributed by atoms with Crippen LogP contribution in [0.5, 0.6) is 0 Å². The minimum Gasteiger partial charge on any atom is -0.352 e. The van der Waals surface area contributed by atoms with E-state index in [4.69, 9.17) is 0 Å². The number of anilines is 2. The first-order valence-corrected chi connectivity index (χ1v) is 12.7. The van der Waals surface area contributed by atoms with Gasteiger partial charge in [0.25, 0.3) is 15.9 Å². The highest BCUT2D eigenvalue weighted by molar-refractivity contribution is 7.92. The van der Waals surface area contributed by atoms with E-state index in [-0.39, 0.29) is 27.7 Å². The number of amides is 2. The molecule has 0 bridgehead atoms. The van der Waals surface area contributed by atoms with Gasteiger partial charge in [-0.25, -0.2) is 12.8 Å². The number of halogens is 1. The Labute approximate surface area is 205 Å². The lowest BCUT2D eigenvalue weighted by molar-refractivity contribution is -0.114. The van der Waals surface area contributed by atoms with Gasteiger partial charge in [-0.05, 0) is 49.7 Å². The fourth-order valence-electron chi connectivity index (χ4n) is 3.38. The number of benzene rings is 3. The molecular weight excluding hydrogens is 469 g/mol. The van der Waals surface area contributed by atoms with Gasteiger partial charge in [-0.3, -0.25) is 13.9 Å². The number of hydrogen-bond acceptors (Lipinski definition) is 4. The molecule has 2 N–H and O–H groups in total. The van der Waals surface area contributed by atoms with Gasteiger partial charge in [0.2, 0.25) is 5.91 Å². The van der Waals surface area contributed by atoms with Gasteiger partial charge in [-0.1, -0.05) is 55.3 Å². The zero-order valence-corrected chi connectivity index (χ0v) is 20.4. The van der Waals surface area contributed by atoms with E-state index in [0.717, 1.165) is 28.8 Å². The highest BCUT2D eigenvalue weighted by Crippen LogP contribution is 2.26. The lowest BCUT2D eigenvalue weighted by Crippen LogP contribution is -2.39. The summed E-state index contributed by atoms with van der Waals surface area (Å²) in [5, 5.41) is 5.40. The first kappa shape index (κ1) is 25.9. The molecule has 0 saturated heterocycles. The SMILES string of the molecule is CCCCNC(=O)c1ccccc1NC(=O)CN(c1ccccc1F)S(=O)(=O)c1ccc(C)cc1. The fraction of sp³-hybridized carbons (Fsp3) is 0.231. The van der Waals surface area contributed by atoms with Crippen LogP contribution in [0, 0.1) is 12.7 Å². The summed E-state index contributed by atoms with van der Waals surface area (Å²) in [5.74, 6) is -1.86. The smallest absolute Gasteiger partial charge is 0.264 e. The number of aryl methyl sites for hydroxylation is 1. The molecule has 184 valence electrons. The molecule has 0 aliphatic rings. The summed E-state index contributed by atoms with van der Waals surface area (Å²) in [6.45, 7) is 3.62. The van der Waals surface area contributed by atoms with Gasteiger partial charge < -0.3 is 10.6 Å². The third kappa shape index (κ3) is 6.45. The standard InChI is InChI=1S/C26H28FN3O4S/c1-3-4-17-28-26(32)21-9-5-7-11-23(21)29-25(31)18-30(24-12-8-6-10-22(24)27)35(33,34)20-15-13-19(2)14-16-20/h5-16H,3-4,17-18H2,1-2H3,(H,28,32)(H,29,31). The van der Waals surface area contributed by atoms with Crippen molar-refractivity contribution in [3.8, 4) is 0 Å². The van der Waals surface area contributed by atoms with Crippen molar-refractivity contribution in [3.63, 3.8) is 0 Å². The van der Waals surface area contributed by atoms with Crippen LogP contribution in [0.2, 0.25) is 0 Å². The summed E-state index contributed by atoms with van der Waals surface area (Å²) in [6.07, 6.45) is 1.73. The molecule has 0 atom stereocenters. The summed E-state index contributed by atoms with van der Waals surface area (Å²) < 4.78 is 42.2. The Bertz CT molecular complexity index is 1290. The van der Waals surface area contributed by atoms with Crippen molar-refractivity contribution < 1.29 is 22.4 Å². The van der Waals surface area contributed by atoms with Crippen LogP contribution in [0.25, 0.3) is 0 Å². The summed E-state index contributed by atoms with van der Waals surface area (Å²) in [7, 11) is -4.27. The number of carbonyl (C=O) groups excluding carboxylic acids is 2. The van der Waals surface area contributed by atoms with Crippen LogP contribution in [0.15, 0.2) is 77.7 Å². The van der Waals surface area contributed by atoms with Gasteiger partial charge in [0, 0.05) is 6.54 Å². The molecule has 3 rings (SSSR count). The van der Waals surface area contributed by atoms with Gasteiger partial charge >= 0.3 is 0 Å². The van der Waals surface area contributed by atoms with Crippen LogP contribution in [0.3, 0.4) is 0 Å². The molecule has 2 amide bonds. The minimum absolute atomic E-state index is 0.0742. The van der Waals surface area contributed by atoms with E-state index in [1.54, 1.807) is 36.4 Å². The number of nitrogens with zero attached hydrogens (tertiary/aromatic N) is 1. The number of rotatable bonds is 10. The number of nitrogens with one attached hydrogen (secondary N) is 2. The van der Waals surface area contributed by atoms with E-state index in [1.165, 1.54) is 30.3 Å². The Kier molecular flexibility index (Phi) is 8.59. The number of sulfonamides is 1. The van der Waals surface area contributed by atoms with Crippen LogP contribution in [0.4, 0.5) is 15.8 Å². The Hall–Kier alpha value is -3.72. The second kappa shape index (κ2) is 11.6. The molecule has 3 aromatic carbocycles. The van der Waals surface area contributed by atoms with Crippen molar-refractivity contribution in [1.29, 1.82) is 0 Å². The largest absolute Gasteiger partial charge is 0.352 e. The first-order chi connectivity index (χ1) is 16.7. The van der Waals surface area contributed by atoms with Crippen molar-refractivity contribution in [2.24, 2.45) is 0 Å². The van der Waals surface area contributed by atoms with Gasteiger partial charge in [0.05, 0.1) is 21.8 Å². The molecule has 35 heavy (non-hydrogen) atoms. The molecule has 7 nitrogen and oxygen atoms in total. The van der Waals surface area contributed by atoms with Crippen LogP contribution in [0.1, 0.15) is 35.7 Å². The zero-order valence-electron chi connectivity index (χ0n) is 19.6. The second-order valence-electron chi connectivity index (χ2n) is 7.98. The molecule has 0 heterocycles. The molecule has 0 unspecified atom stereocenters. The zero-order chi connectivity index (χ0) is 25.4. The summed E-state index contributed by atoms with van der Waals surface area (Å²) in [6, 6.07) is 17.8. The van der Waals surface area contributed by atoms with Crippen LogP contribution < -0.4 is 14.9 Å². The molecule has 0 radical (unpaired) electrons. The predicted octanol–water partition coefficient (Wildman–Crippen LogP) is 4.50. The number of para-hydroxylation sites is 2. The third-order valence-electron chi connectivity index (χ3n) is 5.28. The lowest BCUT2D eigenvalue weighted by atomic mass is 10.1. The summed E-state index contributed by atoms with van der Waals surface area (Å²) in [5.41, 5.74) is 1.07. The van der Waals surface area contributed by atoms with Gasteiger partial charge in [0.15, 0.2) is 0 Å². The predicted molar refractivity (Wildman–Crippen MR) is 134 cm³/mol. The van der Waals surface area contributed by atoms with Crippen molar-refractivity contribution >= 4 is 33.2 Å². The molecule has 0 aliphatic heterocycles. The maximum atomic E-state index is 14.7.